The number of nitrogens with zero attached hydrogens (tertiary/aromatic N) is 2. The van der Waals surface area contributed by atoms with Gasteiger partial charge in [0.15, 0.2) is 0 Å². The highest BCUT2D eigenvalue weighted by Crippen LogP contribution is 2.31. The number of para-hydroxylation sites is 1. The van der Waals surface area contributed by atoms with E-state index in [4.69, 9.17) is 0 Å². The van der Waals surface area contributed by atoms with Crippen LogP contribution in [0.3, 0.4) is 0 Å². The lowest BCUT2D eigenvalue weighted by Crippen LogP contribution is -2.52. The lowest BCUT2D eigenvalue weighted by Gasteiger charge is -2.39. The minimum atomic E-state index is -3.52. The smallest absolute Gasteiger partial charge is 0.253 e. The van der Waals surface area contributed by atoms with Crippen molar-refractivity contribution in [3.05, 3.63) is 54.1 Å². The molecule has 2 fully saturated rings. The van der Waals surface area contributed by atoms with E-state index in [1.807, 2.05) is 29.2 Å². The maximum absolute atomic E-state index is 13.1. The molecule has 3 aliphatic heterocycles. The molecule has 7 nitrogen and oxygen atoms in total. The summed E-state index contributed by atoms with van der Waals surface area (Å²) in [4.78, 5) is 17.6. The van der Waals surface area contributed by atoms with Crippen LogP contribution < -0.4 is 14.9 Å². The Morgan fingerprint density at radius 3 is 2.45 bits per heavy atom. The van der Waals surface area contributed by atoms with Crippen LogP contribution in [0.2, 0.25) is 0 Å². The average Bonchev–Trinajstić information content (AvgIpc) is 3.33. The Bertz CT molecular complexity index is 1070. The Labute approximate surface area is 183 Å². The van der Waals surface area contributed by atoms with Gasteiger partial charge < -0.3 is 15.1 Å². The first-order chi connectivity index (χ1) is 15.0. The highest BCUT2D eigenvalue weighted by molar-refractivity contribution is 7.89. The SMILES string of the molecule is O=C(c1cccc(N2CCCC2)c1)N1CCC([C@H]2Nc3ccccc3S(=O)(=O)N2)CC1. The molecule has 5 rings (SSSR count). The molecule has 31 heavy (non-hydrogen) atoms. The first-order valence-corrected chi connectivity index (χ1v) is 12.5. The summed E-state index contributed by atoms with van der Waals surface area (Å²) in [6.45, 7) is 3.35. The van der Waals surface area contributed by atoms with Crippen molar-refractivity contribution >= 4 is 27.3 Å². The molecule has 0 aromatic heterocycles. The highest BCUT2D eigenvalue weighted by atomic mass is 32.2. The van der Waals surface area contributed by atoms with Gasteiger partial charge in [-0.15, -0.1) is 0 Å². The Hall–Kier alpha value is -2.58. The van der Waals surface area contributed by atoms with Crippen molar-refractivity contribution in [2.45, 2.75) is 36.7 Å². The van der Waals surface area contributed by atoms with Gasteiger partial charge >= 0.3 is 0 Å². The monoisotopic (exact) mass is 440 g/mol. The predicted molar refractivity (Wildman–Crippen MR) is 121 cm³/mol. The second-order valence-corrected chi connectivity index (χ2v) is 10.3. The maximum Gasteiger partial charge on any atom is 0.253 e. The number of carbonyl (C=O) groups excluding carboxylic acids is 1. The standard InChI is InChI=1S/C23H28N4O3S/c28-23(18-6-5-7-19(16-18)26-12-3-4-13-26)27-14-10-17(11-15-27)22-24-20-8-1-2-9-21(20)31(29,30)25-22/h1-2,5-9,16-17,22,24-25H,3-4,10-15H2/t22-/m0/s1. The molecule has 2 N–H and O–H groups in total. The zero-order chi connectivity index (χ0) is 21.4. The van der Waals surface area contributed by atoms with E-state index in [0.29, 0.717) is 18.8 Å². The predicted octanol–water partition coefficient (Wildman–Crippen LogP) is 2.87. The molecule has 3 heterocycles. The van der Waals surface area contributed by atoms with E-state index >= 15 is 0 Å². The van der Waals surface area contributed by atoms with Crippen LogP contribution in [0, 0.1) is 5.92 Å². The van der Waals surface area contributed by atoms with E-state index in [2.05, 4.69) is 21.0 Å². The number of nitrogens with one attached hydrogen (secondary N) is 2. The van der Waals surface area contributed by atoms with Gasteiger partial charge in [0.05, 0.1) is 11.9 Å². The molecular formula is C23H28N4O3S. The Balaban J connectivity index is 1.24. The first kappa shape index (κ1) is 20.3. The summed E-state index contributed by atoms with van der Waals surface area (Å²) < 4.78 is 28.0. The van der Waals surface area contributed by atoms with E-state index in [-0.39, 0.29) is 22.9 Å². The Morgan fingerprint density at radius 1 is 0.935 bits per heavy atom. The van der Waals surface area contributed by atoms with E-state index in [1.165, 1.54) is 12.8 Å². The topological polar surface area (TPSA) is 81.8 Å². The summed E-state index contributed by atoms with van der Waals surface area (Å²) in [6.07, 6.45) is 3.56. The number of amides is 1. The van der Waals surface area contributed by atoms with Crippen LogP contribution in [0.5, 0.6) is 0 Å². The van der Waals surface area contributed by atoms with Crippen LogP contribution in [-0.2, 0) is 10.0 Å². The molecule has 164 valence electrons. The summed E-state index contributed by atoms with van der Waals surface area (Å²) in [7, 11) is -3.52. The van der Waals surface area contributed by atoms with Gasteiger partial charge in [0, 0.05) is 37.4 Å². The maximum atomic E-state index is 13.1. The van der Waals surface area contributed by atoms with Gasteiger partial charge in [0.1, 0.15) is 4.90 Å². The number of sulfonamides is 1. The largest absolute Gasteiger partial charge is 0.372 e. The van der Waals surface area contributed by atoms with Gasteiger partial charge in [-0.25, -0.2) is 8.42 Å². The molecule has 1 amide bonds. The third kappa shape index (κ3) is 4.02. The molecule has 2 aromatic carbocycles. The van der Waals surface area contributed by atoms with Gasteiger partial charge in [-0.2, -0.15) is 4.72 Å². The van der Waals surface area contributed by atoms with E-state index in [0.717, 1.165) is 37.2 Å². The number of rotatable bonds is 3. The average molecular weight is 441 g/mol. The Kier molecular flexibility index (Phi) is 5.35. The van der Waals surface area contributed by atoms with Crippen molar-refractivity contribution in [1.29, 1.82) is 0 Å². The third-order valence-electron chi connectivity index (χ3n) is 6.63. The molecule has 0 bridgehead atoms. The first-order valence-electron chi connectivity index (χ1n) is 11.0. The number of carbonyl (C=O) groups is 1. The number of benzene rings is 2. The number of hydrogen-bond donors (Lipinski definition) is 2. The molecule has 2 aromatic rings. The van der Waals surface area contributed by atoms with E-state index in [1.54, 1.807) is 18.2 Å². The van der Waals surface area contributed by atoms with Crippen LogP contribution in [0.1, 0.15) is 36.0 Å². The minimum Gasteiger partial charge on any atom is -0.372 e. The number of anilines is 2. The fourth-order valence-electron chi connectivity index (χ4n) is 4.89. The second-order valence-electron chi connectivity index (χ2n) is 8.61. The van der Waals surface area contributed by atoms with Crippen molar-refractivity contribution in [2.24, 2.45) is 5.92 Å². The highest BCUT2D eigenvalue weighted by Gasteiger charge is 2.36. The van der Waals surface area contributed by atoms with Gasteiger partial charge in [-0.3, -0.25) is 4.79 Å². The summed E-state index contributed by atoms with van der Waals surface area (Å²) in [5, 5.41) is 3.34. The van der Waals surface area contributed by atoms with Crippen LogP contribution in [0.4, 0.5) is 11.4 Å². The van der Waals surface area contributed by atoms with Crippen molar-refractivity contribution < 1.29 is 13.2 Å². The summed E-state index contributed by atoms with van der Waals surface area (Å²) in [5.41, 5.74) is 2.49. The zero-order valence-electron chi connectivity index (χ0n) is 17.5. The zero-order valence-corrected chi connectivity index (χ0v) is 18.3. The molecule has 0 unspecified atom stereocenters. The number of likely N-dealkylation sites (tertiary alicyclic amines) is 1. The molecular weight excluding hydrogens is 412 g/mol. The van der Waals surface area contributed by atoms with Crippen molar-refractivity contribution in [1.82, 2.24) is 9.62 Å². The van der Waals surface area contributed by atoms with Crippen LogP contribution in [-0.4, -0.2) is 51.6 Å². The van der Waals surface area contributed by atoms with Gasteiger partial charge in [-0.05, 0) is 61.9 Å². The van der Waals surface area contributed by atoms with Crippen molar-refractivity contribution in [3.8, 4) is 0 Å². The summed E-state index contributed by atoms with van der Waals surface area (Å²) in [6, 6.07) is 14.9. The summed E-state index contributed by atoms with van der Waals surface area (Å²) in [5.74, 6) is 0.185. The number of piperidine rings is 1. The van der Waals surface area contributed by atoms with E-state index in [9.17, 15) is 13.2 Å². The number of fused-ring (bicyclic) bond motifs is 1. The lowest BCUT2D eigenvalue weighted by atomic mass is 9.93. The van der Waals surface area contributed by atoms with Crippen molar-refractivity contribution in [3.63, 3.8) is 0 Å². The molecule has 0 aliphatic carbocycles. The van der Waals surface area contributed by atoms with Crippen molar-refractivity contribution in [2.75, 3.05) is 36.4 Å². The third-order valence-corrected chi connectivity index (χ3v) is 8.13. The molecule has 0 spiro atoms. The lowest BCUT2D eigenvalue weighted by molar-refractivity contribution is 0.0679. The quantitative estimate of drug-likeness (QED) is 0.767. The van der Waals surface area contributed by atoms with Gasteiger partial charge in [-0.1, -0.05) is 18.2 Å². The van der Waals surface area contributed by atoms with Crippen LogP contribution >= 0.6 is 0 Å². The normalized spacial score (nSPS) is 23.3. The summed E-state index contributed by atoms with van der Waals surface area (Å²) >= 11 is 0. The van der Waals surface area contributed by atoms with E-state index < -0.39 is 10.0 Å². The molecule has 0 radical (unpaired) electrons. The Morgan fingerprint density at radius 2 is 1.68 bits per heavy atom. The molecule has 8 heteroatoms. The molecule has 0 saturated carbocycles. The number of hydrogen-bond acceptors (Lipinski definition) is 5. The fraction of sp³-hybridized carbons (Fsp3) is 0.435. The van der Waals surface area contributed by atoms with Crippen LogP contribution in [0.15, 0.2) is 53.4 Å². The second kappa shape index (κ2) is 8.16. The van der Waals surface area contributed by atoms with Gasteiger partial charge in [0.25, 0.3) is 5.91 Å². The van der Waals surface area contributed by atoms with Gasteiger partial charge in [0.2, 0.25) is 10.0 Å². The molecule has 1 atom stereocenters. The molecule has 2 saturated heterocycles. The minimum absolute atomic E-state index is 0.0574. The van der Waals surface area contributed by atoms with Crippen LogP contribution in [0.25, 0.3) is 0 Å². The molecule has 3 aliphatic rings. The fourth-order valence-corrected chi connectivity index (χ4v) is 6.28.